The molecule has 3 nitrogen and oxygen atoms in total. The minimum absolute atomic E-state index is 0.204. The highest BCUT2D eigenvalue weighted by Crippen LogP contribution is 2.28. The van der Waals surface area contributed by atoms with Crippen LogP contribution in [-0.4, -0.2) is 18.9 Å². The van der Waals surface area contributed by atoms with Crippen molar-refractivity contribution in [3.8, 4) is 11.8 Å². The molecule has 2 aromatic rings. The van der Waals surface area contributed by atoms with Gasteiger partial charge in [0.1, 0.15) is 0 Å². The van der Waals surface area contributed by atoms with Gasteiger partial charge in [-0.15, -0.1) is 0 Å². The van der Waals surface area contributed by atoms with Crippen molar-refractivity contribution in [2.45, 2.75) is 13.3 Å². The Hall–Kier alpha value is -2.71. The lowest BCUT2D eigenvalue weighted by atomic mass is 10.1. The smallest absolute Gasteiger partial charge is 0.299 e. The molecule has 2 N–H and O–H groups in total. The number of aryl methyl sites for hydroxylation is 1. The van der Waals surface area contributed by atoms with Crippen LogP contribution in [0.5, 0.6) is 0 Å². The summed E-state index contributed by atoms with van der Waals surface area (Å²) in [5.74, 6) is 3.89. The largest absolute Gasteiger partial charge is 0.322 e. The van der Waals surface area contributed by atoms with Crippen molar-refractivity contribution >= 4 is 17.3 Å². The Labute approximate surface area is 133 Å². The maximum Gasteiger partial charge on any atom is 0.299 e. The lowest BCUT2D eigenvalue weighted by Crippen LogP contribution is -2.32. The van der Waals surface area contributed by atoms with Gasteiger partial charge in [0, 0.05) is 11.3 Å². The van der Waals surface area contributed by atoms with Gasteiger partial charge in [-0.3, -0.25) is 9.69 Å². The van der Waals surface area contributed by atoms with Gasteiger partial charge in [-0.1, -0.05) is 35.7 Å². The number of nitrogens with zero attached hydrogens (tertiary/aromatic N) is 1. The van der Waals surface area contributed by atoms with E-state index in [2.05, 4.69) is 5.92 Å². The van der Waals surface area contributed by atoms with Gasteiger partial charge >= 0.3 is 0 Å². The maximum absolute atomic E-state index is 12.4. The molecule has 0 spiro atoms. The molecule has 2 rings (SSSR count). The SMILES string of the molecule is Cc1ccc(N(C(=O)CN)c2ccccc2C#CC(F)F)cc1. The van der Waals surface area contributed by atoms with Gasteiger partial charge in [0.05, 0.1) is 12.2 Å². The molecule has 0 radical (unpaired) electrons. The third kappa shape index (κ3) is 4.15. The van der Waals surface area contributed by atoms with Crippen LogP contribution >= 0.6 is 0 Å². The van der Waals surface area contributed by atoms with E-state index in [0.29, 0.717) is 16.9 Å². The number of hydrogen-bond donors (Lipinski definition) is 1. The van der Waals surface area contributed by atoms with Gasteiger partial charge in [0.15, 0.2) is 0 Å². The summed E-state index contributed by atoms with van der Waals surface area (Å²) in [6.07, 6.45) is -2.74. The first kappa shape index (κ1) is 16.7. The first-order valence-electron chi connectivity index (χ1n) is 7.01. The molecule has 5 heteroatoms. The Morgan fingerprint density at radius 2 is 1.83 bits per heavy atom. The second-order valence-electron chi connectivity index (χ2n) is 4.86. The van der Waals surface area contributed by atoms with Crippen LogP contribution in [-0.2, 0) is 4.79 Å². The Morgan fingerprint density at radius 1 is 1.17 bits per heavy atom. The van der Waals surface area contributed by atoms with Gasteiger partial charge in [-0.25, -0.2) is 0 Å². The van der Waals surface area contributed by atoms with E-state index in [-0.39, 0.29) is 12.5 Å². The van der Waals surface area contributed by atoms with Gasteiger partial charge in [0.25, 0.3) is 6.43 Å². The quantitative estimate of drug-likeness (QED) is 0.884. The topological polar surface area (TPSA) is 46.3 Å². The summed E-state index contributed by atoms with van der Waals surface area (Å²) in [5, 5.41) is 0. The van der Waals surface area contributed by atoms with Crippen LogP contribution in [0.2, 0.25) is 0 Å². The minimum Gasteiger partial charge on any atom is -0.322 e. The van der Waals surface area contributed by atoms with E-state index in [1.165, 1.54) is 4.90 Å². The van der Waals surface area contributed by atoms with Crippen LogP contribution < -0.4 is 10.6 Å². The Bertz CT molecular complexity index is 746. The molecule has 0 aliphatic rings. The van der Waals surface area contributed by atoms with E-state index in [1.807, 2.05) is 25.0 Å². The summed E-state index contributed by atoms with van der Waals surface area (Å²) in [7, 11) is 0. The molecule has 0 bridgehead atoms. The van der Waals surface area contributed by atoms with E-state index >= 15 is 0 Å². The fourth-order valence-corrected chi connectivity index (χ4v) is 2.11. The van der Waals surface area contributed by atoms with Gasteiger partial charge in [-0.2, -0.15) is 8.78 Å². The number of para-hydroxylation sites is 1. The zero-order valence-corrected chi connectivity index (χ0v) is 12.6. The summed E-state index contributed by atoms with van der Waals surface area (Å²) in [5.41, 5.74) is 7.93. The standard InChI is InChI=1S/C18H16F2N2O/c1-13-6-9-15(10-7-13)22(18(23)12-21)16-5-3-2-4-14(16)8-11-17(19)20/h2-7,9-10,17H,12,21H2,1H3. The maximum atomic E-state index is 12.4. The summed E-state index contributed by atoms with van der Waals surface area (Å²) < 4.78 is 24.7. The molecule has 0 unspecified atom stereocenters. The molecule has 0 saturated carbocycles. The fourth-order valence-electron chi connectivity index (χ4n) is 2.11. The highest BCUT2D eigenvalue weighted by Gasteiger charge is 2.19. The van der Waals surface area contributed by atoms with E-state index in [9.17, 15) is 13.6 Å². The Balaban J connectivity index is 2.55. The number of carbonyl (C=O) groups excluding carboxylic acids is 1. The van der Waals surface area contributed by atoms with Gasteiger partial charge in [-0.05, 0) is 37.1 Å². The van der Waals surface area contributed by atoms with Crippen LogP contribution in [0.3, 0.4) is 0 Å². The van der Waals surface area contributed by atoms with Crippen molar-refractivity contribution in [2.24, 2.45) is 5.73 Å². The molecule has 0 atom stereocenters. The summed E-state index contributed by atoms with van der Waals surface area (Å²) >= 11 is 0. The van der Waals surface area contributed by atoms with Crippen molar-refractivity contribution in [1.29, 1.82) is 0 Å². The summed E-state index contributed by atoms with van der Waals surface area (Å²) in [6, 6.07) is 13.9. The normalized spacial score (nSPS) is 10.1. The number of rotatable bonds is 3. The number of benzene rings is 2. The average Bonchev–Trinajstić information content (AvgIpc) is 2.55. The highest BCUT2D eigenvalue weighted by atomic mass is 19.3. The number of alkyl halides is 2. The summed E-state index contributed by atoms with van der Waals surface area (Å²) in [4.78, 5) is 13.7. The molecule has 0 fully saturated rings. The van der Waals surface area contributed by atoms with E-state index in [4.69, 9.17) is 5.73 Å². The molecule has 0 heterocycles. The van der Waals surface area contributed by atoms with Crippen molar-refractivity contribution in [1.82, 2.24) is 0 Å². The van der Waals surface area contributed by atoms with E-state index < -0.39 is 6.43 Å². The second-order valence-corrected chi connectivity index (χ2v) is 4.86. The zero-order chi connectivity index (χ0) is 16.8. The summed E-state index contributed by atoms with van der Waals surface area (Å²) in [6.45, 7) is 1.73. The first-order chi connectivity index (χ1) is 11.0. The predicted molar refractivity (Wildman–Crippen MR) is 86.7 cm³/mol. The number of anilines is 2. The first-order valence-corrected chi connectivity index (χ1v) is 7.01. The molecular formula is C18H16F2N2O. The lowest BCUT2D eigenvalue weighted by molar-refractivity contribution is -0.116. The lowest BCUT2D eigenvalue weighted by Gasteiger charge is -2.24. The molecule has 0 aliphatic carbocycles. The van der Waals surface area contributed by atoms with Crippen LogP contribution in [0.15, 0.2) is 48.5 Å². The Kier molecular flexibility index (Phi) is 5.45. The third-order valence-corrected chi connectivity index (χ3v) is 3.18. The number of amides is 1. The van der Waals surface area contributed by atoms with Crippen LogP contribution in [0, 0.1) is 18.8 Å². The zero-order valence-electron chi connectivity index (χ0n) is 12.6. The van der Waals surface area contributed by atoms with Crippen LogP contribution in [0.25, 0.3) is 0 Å². The van der Waals surface area contributed by atoms with Crippen molar-refractivity contribution < 1.29 is 13.6 Å². The number of halogens is 2. The van der Waals surface area contributed by atoms with Crippen molar-refractivity contribution in [2.75, 3.05) is 11.4 Å². The second kappa shape index (κ2) is 7.52. The molecule has 0 saturated heterocycles. The van der Waals surface area contributed by atoms with Crippen LogP contribution in [0.4, 0.5) is 20.2 Å². The van der Waals surface area contributed by atoms with Gasteiger partial charge < -0.3 is 5.73 Å². The molecule has 2 aromatic carbocycles. The molecule has 1 amide bonds. The van der Waals surface area contributed by atoms with Crippen molar-refractivity contribution in [3.63, 3.8) is 0 Å². The molecule has 0 aliphatic heterocycles. The van der Waals surface area contributed by atoms with Crippen LogP contribution in [0.1, 0.15) is 11.1 Å². The molecule has 23 heavy (non-hydrogen) atoms. The molecule has 118 valence electrons. The molecule has 0 aromatic heterocycles. The third-order valence-electron chi connectivity index (χ3n) is 3.18. The average molecular weight is 314 g/mol. The van der Waals surface area contributed by atoms with E-state index in [0.717, 1.165) is 5.56 Å². The number of carbonyl (C=O) groups is 1. The van der Waals surface area contributed by atoms with Gasteiger partial charge in [0.2, 0.25) is 5.91 Å². The van der Waals surface area contributed by atoms with Crippen molar-refractivity contribution in [3.05, 3.63) is 59.7 Å². The predicted octanol–water partition coefficient (Wildman–Crippen LogP) is 3.24. The monoisotopic (exact) mass is 314 g/mol. The fraction of sp³-hybridized carbons (Fsp3) is 0.167. The Morgan fingerprint density at radius 3 is 2.43 bits per heavy atom. The minimum atomic E-state index is -2.74. The highest BCUT2D eigenvalue weighted by molar-refractivity contribution is 6.02. The number of hydrogen-bond acceptors (Lipinski definition) is 2. The number of nitrogens with two attached hydrogens (primary N) is 1. The van der Waals surface area contributed by atoms with E-state index in [1.54, 1.807) is 36.4 Å². The molecular weight excluding hydrogens is 298 g/mol.